The van der Waals surface area contributed by atoms with Crippen LogP contribution < -0.4 is 5.73 Å². The van der Waals surface area contributed by atoms with Crippen molar-refractivity contribution in [1.82, 2.24) is 0 Å². The summed E-state index contributed by atoms with van der Waals surface area (Å²) in [4.78, 5) is 0. The van der Waals surface area contributed by atoms with Crippen molar-refractivity contribution in [3.05, 3.63) is 0 Å². The van der Waals surface area contributed by atoms with E-state index < -0.39 is 12.0 Å². The quantitative estimate of drug-likeness (QED) is 0.636. The Morgan fingerprint density at radius 2 is 2.25 bits per heavy atom. The first-order valence-corrected chi connectivity index (χ1v) is 3.54. The fraction of sp³-hybridized carbons (Fsp3) is 0.857. The molecule has 0 aromatic rings. The van der Waals surface area contributed by atoms with E-state index in [-0.39, 0.29) is 6.42 Å². The molecule has 0 aliphatic rings. The maximum absolute atomic E-state index is 12.1. The van der Waals surface area contributed by atoms with Gasteiger partial charge in [0, 0.05) is 13.7 Å². The summed E-state index contributed by atoms with van der Waals surface area (Å²) < 4.78 is 28.9. The van der Waals surface area contributed by atoms with Gasteiger partial charge in [-0.15, -0.1) is 0 Å². The van der Waals surface area contributed by atoms with Crippen LogP contribution in [0.2, 0.25) is 0 Å². The molecule has 3 nitrogen and oxygen atoms in total. The van der Waals surface area contributed by atoms with E-state index in [2.05, 4.69) is 4.74 Å². The number of alkyl halides is 2. The minimum absolute atomic E-state index is 0.0466. The van der Waals surface area contributed by atoms with Crippen LogP contribution in [0.25, 0.3) is 0 Å². The summed E-state index contributed by atoms with van der Waals surface area (Å²) in [5, 5.41) is 8.36. The molecule has 5 heteroatoms. The Hall–Kier alpha value is -0.730. The number of nitrogens with zero attached hydrogens (tertiary/aromatic N) is 1. The van der Waals surface area contributed by atoms with Crippen molar-refractivity contribution < 1.29 is 13.5 Å². The lowest BCUT2D eigenvalue weighted by molar-refractivity contribution is 0.0720. The Kier molecular flexibility index (Phi) is 4.71. The van der Waals surface area contributed by atoms with E-state index >= 15 is 0 Å². The number of nitriles is 1. The second-order valence-electron chi connectivity index (χ2n) is 2.55. The zero-order valence-electron chi connectivity index (χ0n) is 6.89. The molecule has 0 aliphatic heterocycles. The fourth-order valence-corrected chi connectivity index (χ4v) is 0.723. The summed E-state index contributed by atoms with van der Waals surface area (Å²) in [6, 6.07) is 1.41. The molecular formula is C7H12F2N2O. The lowest BCUT2D eigenvalue weighted by atomic mass is 9.97. The Bertz CT molecular complexity index is 169. The summed E-state index contributed by atoms with van der Waals surface area (Å²) in [5.41, 5.74) is 3.10. The average molecular weight is 178 g/mol. The van der Waals surface area contributed by atoms with Crippen molar-refractivity contribution in [1.29, 1.82) is 5.26 Å². The minimum Gasteiger partial charge on any atom is -0.385 e. The molecular weight excluding hydrogens is 166 g/mol. The molecule has 0 bridgehead atoms. The van der Waals surface area contributed by atoms with Gasteiger partial charge < -0.3 is 10.5 Å². The molecule has 0 rings (SSSR count). The molecule has 0 fully saturated rings. The van der Waals surface area contributed by atoms with Crippen LogP contribution in [0.5, 0.6) is 0 Å². The van der Waals surface area contributed by atoms with Crippen molar-refractivity contribution in [3.63, 3.8) is 0 Å². The Labute approximate surface area is 70.1 Å². The van der Waals surface area contributed by atoms with Crippen LogP contribution in [0.4, 0.5) is 8.78 Å². The molecule has 70 valence electrons. The summed E-state index contributed by atoms with van der Waals surface area (Å²) in [7, 11) is 1.47. The van der Waals surface area contributed by atoms with E-state index in [4.69, 9.17) is 11.0 Å². The monoisotopic (exact) mass is 178 g/mol. The summed E-state index contributed by atoms with van der Waals surface area (Å²) in [6.45, 7) is 0.341. The van der Waals surface area contributed by atoms with Crippen LogP contribution in [0.15, 0.2) is 0 Å². The fourth-order valence-electron chi connectivity index (χ4n) is 0.723. The highest BCUT2D eigenvalue weighted by molar-refractivity contribution is 5.06. The Balaban J connectivity index is 3.91. The van der Waals surface area contributed by atoms with Gasteiger partial charge in [-0.3, -0.25) is 0 Å². The lowest BCUT2D eigenvalue weighted by Crippen LogP contribution is -2.45. The second kappa shape index (κ2) is 5.01. The van der Waals surface area contributed by atoms with Crippen LogP contribution in [0, 0.1) is 11.3 Å². The zero-order valence-corrected chi connectivity index (χ0v) is 6.89. The molecule has 0 saturated carbocycles. The highest BCUT2D eigenvalue weighted by atomic mass is 19.3. The number of hydrogen-bond acceptors (Lipinski definition) is 3. The summed E-state index contributed by atoms with van der Waals surface area (Å²) in [5.74, 6) is 0. The van der Waals surface area contributed by atoms with E-state index in [0.717, 1.165) is 0 Å². The van der Waals surface area contributed by atoms with Crippen molar-refractivity contribution in [2.24, 2.45) is 5.73 Å². The first-order valence-electron chi connectivity index (χ1n) is 3.54. The summed E-state index contributed by atoms with van der Waals surface area (Å²) in [6.07, 6.45) is -2.49. The summed E-state index contributed by atoms with van der Waals surface area (Å²) >= 11 is 0. The second-order valence-corrected chi connectivity index (χ2v) is 2.55. The molecule has 0 saturated heterocycles. The van der Waals surface area contributed by atoms with Gasteiger partial charge in [-0.2, -0.15) is 5.26 Å². The molecule has 12 heavy (non-hydrogen) atoms. The van der Waals surface area contributed by atoms with Crippen LogP contribution in [-0.2, 0) is 4.74 Å². The lowest BCUT2D eigenvalue weighted by Gasteiger charge is -2.19. The van der Waals surface area contributed by atoms with Gasteiger partial charge in [0.2, 0.25) is 0 Å². The SMILES string of the molecule is COCCCC(N)(C#N)C(F)F. The number of methoxy groups -OCH3 is 1. The first kappa shape index (κ1) is 11.3. The van der Waals surface area contributed by atoms with E-state index in [9.17, 15) is 8.78 Å². The molecule has 0 aliphatic carbocycles. The predicted octanol–water partition coefficient (Wildman–Crippen LogP) is 0.899. The molecule has 1 atom stereocenters. The van der Waals surface area contributed by atoms with Gasteiger partial charge >= 0.3 is 0 Å². The maximum Gasteiger partial charge on any atom is 0.269 e. The standard InChI is InChI=1S/C7H12F2N2O/c1-12-4-2-3-7(11,5-10)6(8)9/h6H,2-4,11H2,1H3. The van der Waals surface area contributed by atoms with Gasteiger partial charge in [0.05, 0.1) is 6.07 Å². The zero-order chi connectivity index (χ0) is 9.61. The largest absolute Gasteiger partial charge is 0.385 e. The highest BCUT2D eigenvalue weighted by Gasteiger charge is 2.35. The molecule has 0 amide bonds. The van der Waals surface area contributed by atoms with Crippen molar-refractivity contribution >= 4 is 0 Å². The van der Waals surface area contributed by atoms with Crippen LogP contribution in [0.3, 0.4) is 0 Å². The predicted molar refractivity (Wildman–Crippen MR) is 39.6 cm³/mol. The number of nitrogens with two attached hydrogens (primary N) is 1. The van der Waals surface area contributed by atoms with Crippen LogP contribution in [0.1, 0.15) is 12.8 Å². The topological polar surface area (TPSA) is 59.0 Å². The van der Waals surface area contributed by atoms with Gasteiger partial charge in [-0.1, -0.05) is 0 Å². The number of ether oxygens (including phenoxy) is 1. The van der Waals surface area contributed by atoms with E-state index in [1.807, 2.05) is 0 Å². The Morgan fingerprint density at radius 1 is 1.67 bits per heavy atom. The third-order valence-corrected chi connectivity index (χ3v) is 1.54. The molecule has 0 radical (unpaired) electrons. The van der Waals surface area contributed by atoms with Crippen LogP contribution in [-0.4, -0.2) is 25.7 Å². The van der Waals surface area contributed by atoms with E-state index in [0.29, 0.717) is 13.0 Å². The minimum atomic E-state index is -2.81. The average Bonchev–Trinajstić information content (AvgIpc) is 2.04. The molecule has 0 heterocycles. The third-order valence-electron chi connectivity index (χ3n) is 1.54. The van der Waals surface area contributed by atoms with Crippen molar-refractivity contribution in [3.8, 4) is 6.07 Å². The highest BCUT2D eigenvalue weighted by Crippen LogP contribution is 2.17. The van der Waals surface area contributed by atoms with Crippen molar-refractivity contribution in [2.75, 3.05) is 13.7 Å². The molecule has 1 unspecified atom stereocenters. The number of halogens is 2. The van der Waals surface area contributed by atoms with Gasteiger partial charge in [0.15, 0.2) is 5.54 Å². The molecule has 0 aromatic carbocycles. The maximum atomic E-state index is 12.1. The van der Waals surface area contributed by atoms with Gasteiger partial charge in [-0.05, 0) is 12.8 Å². The van der Waals surface area contributed by atoms with Crippen LogP contribution >= 0.6 is 0 Å². The smallest absolute Gasteiger partial charge is 0.269 e. The van der Waals surface area contributed by atoms with Gasteiger partial charge in [-0.25, -0.2) is 8.78 Å². The molecule has 0 spiro atoms. The normalized spacial score (nSPS) is 15.7. The van der Waals surface area contributed by atoms with Crippen molar-refractivity contribution in [2.45, 2.75) is 24.8 Å². The number of hydrogen-bond donors (Lipinski definition) is 1. The first-order chi connectivity index (χ1) is 5.56. The Morgan fingerprint density at radius 3 is 2.58 bits per heavy atom. The van der Waals surface area contributed by atoms with E-state index in [1.54, 1.807) is 0 Å². The van der Waals surface area contributed by atoms with Gasteiger partial charge in [0.1, 0.15) is 0 Å². The van der Waals surface area contributed by atoms with Gasteiger partial charge in [0.25, 0.3) is 6.43 Å². The molecule has 2 N–H and O–H groups in total. The number of rotatable bonds is 5. The van der Waals surface area contributed by atoms with E-state index in [1.165, 1.54) is 13.2 Å². The third kappa shape index (κ3) is 3.11. The molecule has 0 aromatic heterocycles.